The average Bonchev–Trinajstić information content (AvgIpc) is 3.01. The summed E-state index contributed by atoms with van der Waals surface area (Å²) >= 11 is 0. The largest absolute Gasteiger partial charge is 0.504 e. The molecule has 5 rings (SSSR count). The van der Waals surface area contributed by atoms with Crippen LogP contribution in [0.3, 0.4) is 0 Å². The van der Waals surface area contributed by atoms with Gasteiger partial charge in [0.1, 0.15) is 5.69 Å². The van der Waals surface area contributed by atoms with E-state index in [0.29, 0.717) is 0 Å². The Labute approximate surface area is 249 Å². The van der Waals surface area contributed by atoms with E-state index in [1.54, 1.807) is 0 Å². The summed E-state index contributed by atoms with van der Waals surface area (Å²) in [6, 6.07) is 11.6. The number of aryl methyl sites for hydroxylation is 1. The van der Waals surface area contributed by atoms with Gasteiger partial charge in [-0.05, 0) is 48.9 Å². The number of benzene rings is 4. The van der Waals surface area contributed by atoms with E-state index in [2.05, 4.69) is 20.5 Å². The number of fused-ring (bicyclic) bond motifs is 1. The Kier molecular flexibility index (Phi) is 7.49. The molecule has 0 radical (unpaired) electrons. The summed E-state index contributed by atoms with van der Waals surface area (Å²) in [5.41, 5.74) is -2.72. The van der Waals surface area contributed by atoms with E-state index in [9.17, 15) is 50.6 Å². The van der Waals surface area contributed by atoms with Gasteiger partial charge in [-0.25, -0.2) is 0 Å². The molecule has 1 aromatic heterocycles. The van der Waals surface area contributed by atoms with E-state index in [4.69, 9.17) is 4.42 Å². The van der Waals surface area contributed by atoms with Crippen molar-refractivity contribution >= 4 is 45.1 Å². The molecule has 17 heteroatoms. The van der Waals surface area contributed by atoms with Crippen molar-refractivity contribution in [2.75, 3.05) is 0 Å². The average molecular weight is 614 g/mol. The molecule has 0 unspecified atom stereocenters. The van der Waals surface area contributed by atoms with Crippen LogP contribution in [-0.4, -0.2) is 35.4 Å². The maximum absolute atomic E-state index is 13.5. The number of azo groups is 2. The van der Waals surface area contributed by atoms with Crippen LogP contribution >= 0.6 is 0 Å². The van der Waals surface area contributed by atoms with Crippen molar-refractivity contribution in [3.05, 3.63) is 96.7 Å². The van der Waals surface area contributed by atoms with E-state index < -0.39 is 61.1 Å². The van der Waals surface area contributed by atoms with Crippen molar-refractivity contribution in [1.29, 1.82) is 0 Å². The van der Waals surface area contributed by atoms with Crippen molar-refractivity contribution < 1.29 is 39.8 Å². The number of nitrogens with zero attached hydrogens (tertiary/aromatic N) is 6. The molecule has 17 nitrogen and oxygen atoms in total. The first-order valence-corrected chi connectivity index (χ1v) is 12.5. The molecule has 1 heterocycles. The quantitative estimate of drug-likeness (QED) is 0.0541. The van der Waals surface area contributed by atoms with Gasteiger partial charge in [-0.15, -0.1) is 10.2 Å². The second-order valence-corrected chi connectivity index (χ2v) is 9.29. The highest BCUT2D eigenvalue weighted by atomic mass is 16.6. The second-order valence-electron chi connectivity index (χ2n) is 9.29. The molecule has 0 fully saturated rings. The lowest BCUT2D eigenvalue weighted by Gasteiger charge is -2.13. The fraction of sp³-hybridized carbons (Fsp3) is 0.0357. The number of nitro groups is 2. The van der Waals surface area contributed by atoms with Crippen molar-refractivity contribution in [1.82, 2.24) is 0 Å². The zero-order valence-electron chi connectivity index (χ0n) is 22.6. The van der Waals surface area contributed by atoms with Gasteiger partial charge in [-0.1, -0.05) is 0 Å². The number of aromatic hydroxyl groups is 5. The van der Waals surface area contributed by atoms with Crippen LogP contribution in [0.25, 0.3) is 22.3 Å². The van der Waals surface area contributed by atoms with Crippen LogP contribution in [-0.2, 0) is 0 Å². The second kappa shape index (κ2) is 11.4. The third kappa shape index (κ3) is 5.50. The van der Waals surface area contributed by atoms with Crippen LogP contribution in [0.1, 0.15) is 5.56 Å². The Morgan fingerprint density at radius 1 is 0.667 bits per heavy atom. The van der Waals surface area contributed by atoms with Crippen molar-refractivity contribution in [2.24, 2.45) is 20.5 Å². The van der Waals surface area contributed by atoms with Crippen LogP contribution in [0.2, 0.25) is 0 Å². The summed E-state index contributed by atoms with van der Waals surface area (Å²) in [6.07, 6.45) is 0. The van der Waals surface area contributed by atoms with Crippen LogP contribution in [0, 0.1) is 27.2 Å². The van der Waals surface area contributed by atoms with Gasteiger partial charge < -0.3 is 29.9 Å². The summed E-state index contributed by atoms with van der Waals surface area (Å²) in [6.45, 7) is 1.36. The Morgan fingerprint density at radius 2 is 1.13 bits per heavy atom. The molecule has 0 aliphatic carbocycles. The molecule has 0 saturated heterocycles. The van der Waals surface area contributed by atoms with Gasteiger partial charge in [-0.3, -0.25) is 25.0 Å². The number of nitro benzene ring substituents is 2. The number of phenolic OH excluding ortho intramolecular Hbond substituents is 4. The third-order valence-corrected chi connectivity index (χ3v) is 6.47. The zero-order chi connectivity index (χ0) is 32.6. The SMILES string of the molecule is Cc1c(N=Nc2ccc([N+](=O)[O-])cc2)c(O)c(N=Nc2ccc([N+](=O)[O-])cc2)c2oc(-c3cc(O)c(O)c(O)c3)c(O)c(=O)c12. The van der Waals surface area contributed by atoms with Crippen molar-refractivity contribution in [2.45, 2.75) is 6.92 Å². The fourth-order valence-corrected chi connectivity index (χ4v) is 4.19. The molecule has 45 heavy (non-hydrogen) atoms. The molecule has 0 saturated carbocycles. The molecule has 5 N–H and O–H groups in total. The van der Waals surface area contributed by atoms with E-state index in [0.717, 1.165) is 24.3 Å². The van der Waals surface area contributed by atoms with Crippen LogP contribution < -0.4 is 5.43 Å². The van der Waals surface area contributed by atoms with Gasteiger partial charge in [0.15, 0.2) is 40.0 Å². The highest BCUT2D eigenvalue weighted by molar-refractivity contribution is 5.99. The minimum Gasteiger partial charge on any atom is -0.504 e. The van der Waals surface area contributed by atoms with Crippen molar-refractivity contribution in [3.63, 3.8) is 0 Å². The molecule has 5 aromatic rings. The molecule has 0 aliphatic rings. The Bertz CT molecular complexity index is 2120. The molecule has 226 valence electrons. The standard InChI is InChI=1S/C28H18N6O11/c1-12-20-24(38)26(40)27(13-10-18(35)23(37)19(36)11-13)45-28(20)22(32-30-15-4-8-17(9-5-15)34(43)44)25(39)21(12)31-29-14-2-6-16(7-3-14)33(41)42/h2-11,35-37,39-40H,1H3. The normalized spacial score (nSPS) is 11.5. The molecule has 0 spiro atoms. The summed E-state index contributed by atoms with van der Waals surface area (Å²) in [4.78, 5) is 34.2. The number of rotatable bonds is 7. The summed E-state index contributed by atoms with van der Waals surface area (Å²) in [5, 5.41) is 89.3. The van der Waals surface area contributed by atoms with Crippen molar-refractivity contribution in [3.8, 4) is 40.1 Å². The molecule has 4 aromatic carbocycles. The molecule has 0 bridgehead atoms. The predicted octanol–water partition coefficient (Wildman–Crippen LogP) is 6.94. The van der Waals surface area contributed by atoms with E-state index in [1.165, 1.54) is 43.3 Å². The zero-order valence-corrected chi connectivity index (χ0v) is 22.6. The minimum atomic E-state index is -1.05. The van der Waals surface area contributed by atoms with E-state index >= 15 is 0 Å². The lowest BCUT2D eigenvalue weighted by Crippen LogP contribution is -2.05. The first-order valence-electron chi connectivity index (χ1n) is 12.5. The molecule has 0 amide bonds. The summed E-state index contributed by atoms with van der Waals surface area (Å²) < 4.78 is 5.80. The van der Waals surface area contributed by atoms with Gasteiger partial charge in [0.05, 0.1) is 26.6 Å². The lowest BCUT2D eigenvalue weighted by atomic mass is 10.0. The lowest BCUT2D eigenvalue weighted by molar-refractivity contribution is -0.385. The van der Waals surface area contributed by atoms with Crippen LogP contribution in [0.5, 0.6) is 28.7 Å². The van der Waals surface area contributed by atoms with Crippen LogP contribution in [0.15, 0.2) is 90.3 Å². The minimum absolute atomic E-state index is 0.0329. The Hall–Kier alpha value is -6.91. The smallest absolute Gasteiger partial charge is 0.269 e. The Balaban J connectivity index is 1.75. The van der Waals surface area contributed by atoms with Gasteiger partial charge >= 0.3 is 0 Å². The maximum Gasteiger partial charge on any atom is 0.269 e. The number of hydrogen-bond donors (Lipinski definition) is 5. The van der Waals surface area contributed by atoms with E-state index in [1.807, 2.05) is 0 Å². The highest BCUT2D eigenvalue weighted by Gasteiger charge is 2.26. The Morgan fingerprint density at radius 3 is 1.60 bits per heavy atom. The molecule has 0 aliphatic heterocycles. The van der Waals surface area contributed by atoms with Gasteiger partial charge in [0, 0.05) is 29.8 Å². The number of hydrogen-bond acceptors (Lipinski definition) is 15. The number of non-ortho nitro benzene ring substituents is 2. The fourth-order valence-electron chi connectivity index (χ4n) is 4.19. The summed E-state index contributed by atoms with van der Waals surface area (Å²) in [5.74, 6) is -4.72. The topological polar surface area (TPSA) is 267 Å². The third-order valence-electron chi connectivity index (χ3n) is 6.47. The molecule has 0 atom stereocenters. The van der Waals surface area contributed by atoms with Crippen LogP contribution in [0.4, 0.5) is 34.1 Å². The van der Waals surface area contributed by atoms with Gasteiger partial charge in [-0.2, -0.15) is 10.2 Å². The first-order chi connectivity index (χ1) is 21.4. The predicted molar refractivity (Wildman–Crippen MR) is 156 cm³/mol. The summed E-state index contributed by atoms with van der Waals surface area (Å²) in [7, 11) is 0. The highest BCUT2D eigenvalue weighted by Crippen LogP contribution is 2.49. The van der Waals surface area contributed by atoms with Gasteiger partial charge in [0.25, 0.3) is 11.4 Å². The monoisotopic (exact) mass is 614 g/mol. The maximum atomic E-state index is 13.5. The van der Waals surface area contributed by atoms with E-state index in [-0.39, 0.29) is 45.0 Å². The number of phenols is 4. The first kappa shape index (κ1) is 29.6. The van der Waals surface area contributed by atoms with Gasteiger partial charge in [0.2, 0.25) is 11.2 Å². The molecular weight excluding hydrogens is 596 g/mol. The molecular formula is C28H18N6O11.